The van der Waals surface area contributed by atoms with Gasteiger partial charge in [-0.15, -0.1) is 0 Å². The average Bonchev–Trinajstić information content (AvgIpc) is 2.54. The molecule has 0 saturated heterocycles. The normalized spacial score (nSPS) is 2.55. The minimum absolute atomic E-state index is 0. The number of hydrogen-bond acceptors (Lipinski definition) is 14. The molecule has 2 radical (unpaired) electrons. The van der Waals surface area contributed by atoms with Gasteiger partial charge in [-0.2, -0.15) is 19.2 Å². The molecule has 0 rings (SSSR count). The van der Waals surface area contributed by atoms with E-state index in [1.807, 2.05) is 0 Å². The standard InChI is InChI=1S/2CHO3.2CO2.5CH4.4Ag.O2.2O.2Zn/c2*2-1-4-3;2*2-1-3;;;;;;;;;;1-2;;;;/h2*3H;;;5*1H4;;;;;;;;;/q2*-1;;;;;;;;;;;+1;;;;;. The number of rotatable bonds is 2. The molecule has 14 nitrogen and oxygen atoms in total. The fourth-order valence-electron chi connectivity index (χ4n) is 0. The summed E-state index contributed by atoms with van der Waals surface area (Å²) in [5.74, 6) is 0. The van der Waals surface area contributed by atoms with E-state index >= 15 is 0 Å². The van der Waals surface area contributed by atoms with E-state index in [9.17, 15) is 0 Å². The van der Waals surface area contributed by atoms with Gasteiger partial charge in [-0.1, -0.05) is 37.1 Å². The van der Waals surface area contributed by atoms with Crippen LogP contribution < -0.4 is 0 Å². The van der Waals surface area contributed by atoms with E-state index in [-0.39, 0.29) is 154 Å². The SMILES string of the molecule is C.C.C.C.C.O=C=O.O=C=O.O=O.O=[C-]OO.O=[C-]OO.[Ag+].[Ag].[Ag].[O]=[Ag].[O]=[Zn].[Zn]. The first-order valence-corrected chi connectivity index (χ1v) is 4.39. The molecular formula is C9H22Ag4O14Zn2-. The first-order valence-electron chi connectivity index (χ1n) is 2.58. The largest absolute Gasteiger partial charge is 0 e. The molecular weight excluding hydrogens is 894 g/mol. The van der Waals surface area contributed by atoms with Crippen LogP contribution in [-0.2, 0) is 171 Å². The molecule has 0 amide bonds. The van der Waals surface area contributed by atoms with Crippen LogP contribution in [0.5, 0.6) is 0 Å². The molecule has 2 N–H and O–H groups in total. The molecule has 0 aromatic carbocycles. The van der Waals surface area contributed by atoms with E-state index in [1.54, 1.807) is 21.0 Å². The summed E-state index contributed by atoms with van der Waals surface area (Å²) in [5.41, 5.74) is 0. The van der Waals surface area contributed by atoms with Gasteiger partial charge in [-0.25, -0.2) is 10.5 Å². The van der Waals surface area contributed by atoms with Gasteiger partial charge in [0, 0.05) is 74.2 Å². The third kappa shape index (κ3) is 2310. The Labute approximate surface area is 251 Å². The van der Waals surface area contributed by atoms with Crippen LogP contribution in [0, 0.1) is 9.93 Å². The van der Waals surface area contributed by atoms with Gasteiger partial charge in [0.1, 0.15) is 0 Å². The molecule has 0 aliphatic rings. The monoisotopic (exact) mass is 910 g/mol. The van der Waals surface area contributed by atoms with Gasteiger partial charge in [-0.3, -0.25) is 0 Å². The summed E-state index contributed by atoms with van der Waals surface area (Å²) in [4.78, 5) is 69.1. The van der Waals surface area contributed by atoms with Crippen molar-refractivity contribution in [2.45, 2.75) is 37.1 Å². The molecule has 0 saturated carbocycles. The van der Waals surface area contributed by atoms with Crippen molar-refractivity contribution in [3.63, 3.8) is 0 Å². The van der Waals surface area contributed by atoms with Gasteiger partial charge in [0.05, 0.1) is 0 Å². The van der Waals surface area contributed by atoms with E-state index in [4.69, 9.17) is 56.0 Å². The Morgan fingerprint density at radius 1 is 0.690 bits per heavy atom. The van der Waals surface area contributed by atoms with Gasteiger partial charge >= 0.3 is 80.8 Å². The van der Waals surface area contributed by atoms with Crippen molar-refractivity contribution in [3.05, 3.63) is 9.93 Å². The molecule has 0 atom stereocenters. The third-order valence-electron chi connectivity index (χ3n) is 0.0745. The Kier molecular flexibility index (Phi) is 2050. The van der Waals surface area contributed by atoms with Gasteiger partial charge < -0.3 is 19.4 Å². The van der Waals surface area contributed by atoms with Crippen LogP contribution in [0.2, 0.25) is 0 Å². The zero-order valence-corrected chi connectivity index (χ0v) is 22.3. The summed E-state index contributed by atoms with van der Waals surface area (Å²) in [6.07, 6.45) is 0.500. The fraction of sp³-hybridized carbons (Fsp3) is 0.556. The minimum atomic E-state index is 0. The van der Waals surface area contributed by atoms with Crippen LogP contribution >= 0.6 is 0 Å². The van der Waals surface area contributed by atoms with Gasteiger partial charge in [0.2, 0.25) is 0 Å². The van der Waals surface area contributed by atoms with Crippen LogP contribution in [0.25, 0.3) is 0 Å². The Balaban J connectivity index is -0.00000000469. The quantitative estimate of drug-likeness (QED) is 0.170. The molecule has 0 aromatic heterocycles. The molecule has 0 bridgehead atoms. The second-order valence-electron chi connectivity index (χ2n) is 0.516. The Hall–Kier alpha value is 1.03. The maximum atomic E-state index is 8.58. The Bertz CT molecular complexity index is 208. The minimum Gasteiger partial charge on any atom is 0 e. The Morgan fingerprint density at radius 3 is 0.724 bits per heavy atom. The zero-order chi connectivity index (χ0) is 18.2. The molecule has 20 heteroatoms. The zero-order valence-electron chi connectivity index (χ0n) is 10.4. The first kappa shape index (κ1) is 129. The molecule has 0 fully saturated rings. The van der Waals surface area contributed by atoms with Crippen molar-refractivity contribution in [2.75, 3.05) is 0 Å². The number of carbonyl (C=O) groups excluding carboxylic acids is 6. The summed E-state index contributed by atoms with van der Waals surface area (Å²) in [5, 5.41) is 13.9. The molecule has 0 heterocycles. The van der Waals surface area contributed by atoms with Crippen molar-refractivity contribution in [1.82, 2.24) is 0 Å². The Morgan fingerprint density at radius 2 is 0.724 bits per heavy atom. The summed E-state index contributed by atoms with van der Waals surface area (Å²) in [6, 6.07) is 0. The second kappa shape index (κ2) is 462. The van der Waals surface area contributed by atoms with Crippen LogP contribution in [0.1, 0.15) is 37.1 Å². The molecule has 0 spiro atoms. The predicted molar refractivity (Wildman–Crippen MR) is 70.6 cm³/mol. The second-order valence-corrected chi connectivity index (χ2v) is 0.516. The van der Waals surface area contributed by atoms with Crippen LogP contribution in [0.4, 0.5) is 0 Å². The molecule has 191 valence electrons. The summed E-state index contributed by atoms with van der Waals surface area (Å²) in [7, 11) is 0. The first-order chi connectivity index (χ1) is 9.66. The summed E-state index contributed by atoms with van der Waals surface area (Å²) in [6.45, 7) is 1.47. The topological polar surface area (TPSA) is 230 Å². The van der Waals surface area contributed by atoms with E-state index < -0.39 is 0 Å². The maximum Gasteiger partial charge on any atom is 0 e. The molecule has 0 aliphatic heterocycles. The summed E-state index contributed by atoms with van der Waals surface area (Å²) >= 11 is 1.82. The molecule has 0 aromatic rings. The summed E-state index contributed by atoms with van der Waals surface area (Å²) < 4.78 is 16.4. The molecule has 29 heavy (non-hydrogen) atoms. The van der Waals surface area contributed by atoms with Gasteiger partial charge in [0.25, 0.3) is 0 Å². The third-order valence-corrected chi connectivity index (χ3v) is 0.0745. The van der Waals surface area contributed by atoms with Crippen molar-refractivity contribution in [3.8, 4) is 0 Å². The van der Waals surface area contributed by atoms with E-state index in [0.717, 1.165) is 12.9 Å². The van der Waals surface area contributed by atoms with E-state index in [2.05, 4.69) is 9.78 Å². The van der Waals surface area contributed by atoms with Crippen molar-refractivity contribution in [2.24, 2.45) is 0 Å². The number of hydrogen-bond donors (Lipinski definition) is 2. The van der Waals surface area contributed by atoms with Crippen LogP contribution in [-0.4, -0.2) is 35.8 Å². The van der Waals surface area contributed by atoms with Crippen molar-refractivity contribution < 1.29 is 182 Å². The fourth-order valence-corrected chi connectivity index (χ4v) is 0. The predicted octanol–water partition coefficient (Wildman–Crippen LogP) is 0.914. The molecule has 0 aliphatic carbocycles. The average molecular weight is 917 g/mol. The van der Waals surface area contributed by atoms with Crippen molar-refractivity contribution in [1.29, 1.82) is 0 Å². The molecule has 0 unspecified atom stereocenters. The van der Waals surface area contributed by atoms with Gasteiger partial charge in [0.15, 0.2) is 0 Å². The van der Waals surface area contributed by atoms with Crippen molar-refractivity contribution >= 4 is 25.2 Å². The van der Waals surface area contributed by atoms with E-state index in [1.165, 1.54) is 0 Å². The smallest absolute Gasteiger partial charge is 0 e. The van der Waals surface area contributed by atoms with E-state index in [0.29, 0.717) is 0 Å². The van der Waals surface area contributed by atoms with Crippen LogP contribution in [0.15, 0.2) is 0 Å². The van der Waals surface area contributed by atoms with Gasteiger partial charge in [-0.05, 0) is 12.9 Å². The van der Waals surface area contributed by atoms with Crippen LogP contribution in [0.3, 0.4) is 0 Å². The maximum absolute atomic E-state index is 8.58.